The van der Waals surface area contributed by atoms with Crippen LogP contribution >= 0.6 is 11.6 Å². The van der Waals surface area contributed by atoms with E-state index in [9.17, 15) is 9.59 Å². The number of carbonyl (C=O) groups is 2. The predicted octanol–water partition coefficient (Wildman–Crippen LogP) is 5.12. The molecule has 0 spiro atoms. The largest absolute Gasteiger partial charge is 0.460 e. The van der Waals surface area contributed by atoms with Crippen LogP contribution in [0.3, 0.4) is 0 Å². The zero-order valence-electron chi connectivity index (χ0n) is 21.3. The van der Waals surface area contributed by atoms with E-state index >= 15 is 0 Å². The van der Waals surface area contributed by atoms with Gasteiger partial charge in [0.15, 0.2) is 0 Å². The van der Waals surface area contributed by atoms with Crippen molar-refractivity contribution >= 4 is 23.5 Å². The summed E-state index contributed by atoms with van der Waals surface area (Å²) in [5.41, 5.74) is 5.42. The Morgan fingerprint density at radius 2 is 1.57 bits per heavy atom. The van der Waals surface area contributed by atoms with Crippen LogP contribution in [0.15, 0.2) is 52.9 Å². The number of benzene rings is 1. The number of halogens is 1. The van der Waals surface area contributed by atoms with Gasteiger partial charge in [0.25, 0.3) is 0 Å². The summed E-state index contributed by atoms with van der Waals surface area (Å²) < 4.78 is 18.2. The number of dihydropyridines is 1. The predicted molar refractivity (Wildman–Crippen MR) is 136 cm³/mol. The van der Waals surface area contributed by atoms with Crippen molar-refractivity contribution in [3.63, 3.8) is 0 Å². The van der Waals surface area contributed by atoms with Crippen molar-refractivity contribution in [3.8, 4) is 5.69 Å². The van der Waals surface area contributed by atoms with Gasteiger partial charge in [0.05, 0.1) is 29.8 Å². The van der Waals surface area contributed by atoms with Crippen molar-refractivity contribution in [2.75, 3.05) is 20.3 Å². The standard InChI is InChI=1S/C27H33ClN2O5/c1-15(2)35-27(32)24-19(6)29-18(5)23(26(31)34-13-12-33-7)25(24)21-14-20(10-11-22(21)28)30-16(3)8-9-17(30)4/h8-11,14-15,25,29H,12-13H2,1-7H3. The number of hydrogen-bond donors (Lipinski definition) is 1. The second-order valence-electron chi connectivity index (χ2n) is 8.88. The van der Waals surface area contributed by atoms with E-state index in [0.717, 1.165) is 17.1 Å². The molecule has 188 valence electrons. The number of rotatable bonds is 8. The maximum absolute atomic E-state index is 13.3. The van der Waals surface area contributed by atoms with Crippen molar-refractivity contribution in [2.24, 2.45) is 0 Å². The monoisotopic (exact) mass is 500 g/mol. The van der Waals surface area contributed by atoms with Crippen LogP contribution in [-0.4, -0.2) is 42.9 Å². The van der Waals surface area contributed by atoms with E-state index in [1.54, 1.807) is 33.8 Å². The molecule has 0 radical (unpaired) electrons. The van der Waals surface area contributed by atoms with Gasteiger partial charge in [0, 0.05) is 40.6 Å². The van der Waals surface area contributed by atoms with Gasteiger partial charge in [-0.15, -0.1) is 0 Å². The summed E-state index contributed by atoms with van der Waals surface area (Å²) in [5.74, 6) is -1.84. The third-order valence-electron chi connectivity index (χ3n) is 5.88. The Morgan fingerprint density at radius 1 is 0.971 bits per heavy atom. The molecular weight excluding hydrogens is 468 g/mol. The summed E-state index contributed by atoms with van der Waals surface area (Å²) in [5, 5.41) is 3.59. The zero-order chi connectivity index (χ0) is 25.9. The summed E-state index contributed by atoms with van der Waals surface area (Å²) in [4.78, 5) is 26.6. The lowest BCUT2D eigenvalue weighted by molar-refractivity contribution is -0.143. The first kappa shape index (κ1) is 26.6. The highest BCUT2D eigenvalue weighted by molar-refractivity contribution is 6.31. The number of nitrogens with zero attached hydrogens (tertiary/aromatic N) is 1. The number of allylic oxidation sites excluding steroid dienone is 2. The van der Waals surface area contributed by atoms with E-state index in [-0.39, 0.29) is 19.3 Å². The fourth-order valence-electron chi connectivity index (χ4n) is 4.39. The lowest BCUT2D eigenvalue weighted by Crippen LogP contribution is -2.33. The maximum atomic E-state index is 13.3. The molecule has 0 fully saturated rings. The molecule has 1 unspecified atom stereocenters. The van der Waals surface area contributed by atoms with E-state index in [1.807, 2.05) is 38.1 Å². The van der Waals surface area contributed by atoms with Gasteiger partial charge < -0.3 is 24.1 Å². The molecule has 1 aromatic heterocycles. The fraction of sp³-hybridized carbons (Fsp3) is 0.407. The smallest absolute Gasteiger partial charge is 0.337 e. The summed E-state index contributed by atoms with van der Waals surface area (Å²) in [7, 11) is 1.53. The van der Waals surface area contributed by atoms with Gasteiger partial charge in [-0.3, -0.25) is 0 Å². The van der Waals surface area contributed by atoms with Crippen LogP contribution in [-0.2, 0) is 23.8 Å². The lowest BCUT2D eigenvalue weighted by atomic mass is 9.80. The first-order valence-electron chi connectivity index (χ1n) is 11.6. The van der Waals surface area contributed by atoms with Gasteiger partial charge in [-0.1, -0.05) is 11.6 Å². The lowest BCUT2D eigenvalue weighted by Gasteiger charge is -2.31. The number of methoxy groups -OCH3 is 1. The van der Waals surface area contributed by atoms with Gasteiger partial charge >= 0.3 is 11.9 Å². The Hall–Kier alpha value is -3.03. The first-order chi connectivity index (χ1) is 16.6. The third kappa shape index (κ3) is 5.63. The number of carbonyl (C=O) groups excluding carboxylic acids is 2. The highest BCUT2D eigenvalue weighted by Crippen LogP contribution is 2.43. The Morgan fingerprint density at radius 3 is 2.14 bits per heavy atom. The molecule has 3 rings (SSSR count). The molecule has 1 aliphatic heterocycles. The van der Waals surface area contributed by atoms with Crippen LogP contribution in [0.1, 0.15) is 50.6 Å². The average molecular weight is 501 g/mol. The van der Waals surface area contributed by atoms with Gasteiger partial charge in [-0.05, 0) is 77.4 Å². The van der Waals surface area contributed by atoms with Gasteiger partial charge in [0.2, 0.25) is 0 Å². The number of aryl methyl sites for hydroxylation is 2. The van der Waals surface area contributed by atoms with E-state index in [4.69, 9.17) is 25.8 Å². The molecule has 2 aromatic rings. The molecule has 0 saturated carbocycles. The molecule has 8 heteroatoms. The summed E-state index contributed by atoms with van der Waals surface area (Å²) in [6.07, 6.45) is -0.334. The van der Waals surface area contributed by atoms with Crippen LogP contribution in [0.25, 0.3) is 5.69 Å². The van der Waals surface area contributed by atoms with Crippen molar-refractivity contribution in [2.45, 2.75) is 53.6 Å². The topological polar surface area (TPSA) is 78.8 Å². The Balaban J connectivity index is 2.21. The van der Waals surface area contributed by atoms with Crippen LogP contribution in [0.2, 0.25) is 5.02 Å². The van der Waals surface area contributed by atoms with E-state index in [0.29, 0.717) is 33.1 Å². The Kier molecular flexibility index (Phi) is 8.46. The molecule has 1 atom stereocenters. The maximum Gasteiger partial charge on any atom is 0.337 e. The number of nitrogens with one attached hydrogen (secondary N) is 1. The van der Waals surface area contributed by atoms with E-state index in [1.165, 1.54) is 7.11 Å². The number of hydrogen-bond acceptors (Lipinski definition) is 6. The molecule has 2 heterocycles. The van der Waals surface area contributed by atoms with Crippen LogP contribution in [0.5, 0.6) is 0 Å². The third-order valence-corrected chi connectivity index (χ3v) is 6.23. The molecule has 0 bridgehead atoms. The first-order valence-corrected chi connectivity index (χ1v) is 11.9. The molecule has 0 saturated heterocycles. The minimum atomic E-state index is -0.777. The summed E-state index contributed by atoms with van der Waals surface area (Å²) in [6.45, 7) is 11.5. The molecule has 0 amide bonds. The van der Waals surface area contributed by atoms with Crippen LogP contribution < -0.4 is 5.32 Å². The van der Waals surface area contributed by atoms with Gasteiger partial charge in [-0.2, -0.15) is 0 Å². The molecule has 7 nitrogen and oxygen atoms in total. The van der Waals surface area contributed by atoms with Crippen LogP contribution in [0.4, 0.5) is 0 Å². The zero-order valence-corrected chi connectivity index (χ0v) is 22.1. The summed E-state index contributed by atoms with van der Waals surface area (Å²) >= 11 is 6.74. The normalized spacial score (nSPS) is 16.0. The number of ether oxygens (including phenoxy) is 3. The SMILES string of the molecule is COCCOC(=O)C1=C(C)NC(C)=C(C(=O)OC(C)C)C1c1cc(-n2c(C)ccc2C)ccc1Cl. The van der Waals surface area contributed by atoms with Gasteiger partial charge in [-0.25, -0.2) is 9.59 Å². The molecule has 35 heavy (non-hydrogen) atoms. The second kappa shape index (κ2) is 11.1. The average Bonchev–Trinajstić information content (AvgIpc) is 3.11. The molecule has 1 aromatic carbocycles. The number of aromatic nitrogens is 1. The fourth-order valence-corrected chi connectivity index (χ4v) is 4.61. The molecule has 0 aliphatic carbocycles. The highest BCUT2D eigenvalue weighted by Gasteiger charge is 2.39. The minimum absolute atomic E-state index is 0.0861. The van der Waals surface area contributed by atoms with E-state index in [2.05, 4.69) is 9.88 Å². The number of esters is 2. The Bertz CT molecular complexity index is 1170. The molecular formula is C27H33ClN2O5. The van der Waals surface area contributed by atoms with Gasteiger partial charge in [0.1, 0.15) is 6.61 Å². The van der Waals surface area contributed by atoms with Crippen molar-refractivity contribution in [1.29, 1.82) is 0 Å². The van der Waals surface area contributed by atoms with Crippen molar-refractivity contribution in [1.82, 2.24) is 9.88 Å². The Labute approximate surface area is 211 Å². The minimum Gasteiger partial charge on any atom is -0.460 e. The second-order valence-corrected chi connectivity index (χ2v) is 9.28. The quantitative estimate of drug-likeness (QED) is 0.400. The van der Waals surface area contributed by atoms with Crippen LogP contribution in [0, 0.1) is 13.8 Å². The molecule has 1 aliphatic rings. The molecule has 1 N–H and O–H groups in total. The summed E-state index contributed by atoms with van der Waals surface area (Å²) in [6, 6.07) is 9.70. The van der Waals surface area contributed by atoms with Crippen molar-refractivity contribution < 1.29 is 23.8 Å². The van der Waals surface area contributed by atoms with E-state index < -0.39 is 17.9 Å². The van der Waals surface area contributed by atoms with Crippen molar-refractivity contribution in [3.05, 3.63) is 74.8 Å². The highest BCUT2D eigenvalue weighted by atomic mass is 35.5.